The number of anilines is 2. The molecule has 0 fully saturated rings. The van der Waals surface area contributed by atoms with Gasteiger partial charge in [0.05, 0.1) is 18.7 Å². The fourth-order valence-electron chi connectivity index (χ4n) is 4.94. The Morgan fingerprint density at radius 1 is 1.05 bits per heavy atom. The van der Waals surface area contributed by atoms with Crippen molar-refractivity contribution in [2.45, 2.75) is 32.7 Å². The standard InChI is InChI=1S/C29H26F2N6O2/c1-17-13-18(9-10-32-17)33-28-20-6-4-7-25(20)34-29(35-28)27-21-5-2-3-8-26(21)37(36-27)16-22-23(30)14-19(15-24(22)31)39-12-11-38/h2-3,5,8-10,13-15,38H,4,6-7,11-12,16H2,1H3,(H,32,33,34,35). The summed E-state index contributed by atoms with van der Waals surface area (Å²) >= 11 is 0. The van der Waals surface area contributed by atoms with E-state index in [0.717, 1.165) is 65.2 Å². The lowest BCUT2D eigenvalue weighted by Gasteiger charge is -2.12. The molecule has 2 N–H and O–H groups in total. The lowest BCUT2D eigenvalue weighted by molar-refractivity contribution is 0.200. The summed E-state index contributed by atoms with van der Waals surface area (Å²) in [5.74, 6) is -0.307. The van der Waals surface area contributed by atoms with Gasteiger partial charge < -0.3 is 15.2 Å². The molecule has 1 aliphatic rings. The molecule has 10 heteroatoms. The summed E-state index contributed by atoms with van der Waals surface area (Å²) in [5.41, 5.74) is 4.94. The summed E-state index contributed by atoms with van der Waals surface area (Å²) < 4.78 is 36.6. The molecular weight excluding hydrogens is 502 g/mol. The summed E-state index contributed by atoms with van der Waals surface area (Å²) in [4.78, 5) is 14.0. The second kappa shape index (κ2) is 10.4. The molecule has 8 nitrogen and oxygen atoms in total. The summed E-state index contributed by atoms with van der Waals surface area (Å²) in [5, 5.41) is 17.9. The highest BCUT2D eigenvalue weighted by molar-refractivity contribution is 5.92. The maximum atomic E-state index is 14.9. The first-order chi connectivity index (χ1) is 19.0. The number of para-hydroxylation sites is 1. The quantitative estimate of drug-likeness (QED) is 0.288. The van der Waals surface area contributed by atoms with Gasteiger partial charge in [-0.3, -0.25) is 9.67 Å². The van der Waals surface area contributed by atoms with Crippen LogP contribution in [0.2, 0.25) is 0 Å². The van der Waals surface area contributed by atoms with Gasteiger partial charge in [0.2, 0.25) is 0 Å². The SMILES string of the molecule is Cc1cc(Nc2nc(-c3nn(Cc4c(F)cc(OCCO)cc4F)c4ccccc34)nc3c2CCC3)ccn1. The molecule has 2 aromatic carbocycles. The van der Waals surface area contributed by atoms with Crippen LogP contribution in [0.4, 0.5) is 20.3 Å². The molecular formula is C29H26F2N6O2. The fraction of sp³-hybridized carbons (Fsp3) is 0.241. The zero-order valence-electron chi connectivity index (χ0n) is 21.3. The average Bonchev–Trinajstić information content (AvgIpc) is 3.55. The number of hydrogen-bond acceptors (Lipinski definition) is 7. The number of aryl methyl sites for hydroxylation is 2. The van der Waals surface area contributed by atoms with Crippen molar-refractivity contribution in [3.63, 3.8) is 0 Å². The molecule has 0 atom stereocenters. The van der Waals surface area contributed by atoms with Gasteiger partial charge in [0, 0.05) is 51.9 Å². The Kier molecular flexibility index (Phi) is 6.62. The first-order valence-corrected chi connectivity index (χ1v) is 12.8. The zero-order valence-corrected chi connectivity index (χ0v) is 21.3. The van der Waals surface area contributed by atoms with Crippen molar-refractivity contribution in [2.24, 2.45) is 0 Å². The molecule has 0 unspecified atom stereocenters. The van der Waals surface area contributed by atoms with E-state index >= 15 is 0 Å². The number of nitrogens with one attached hydrogen (secondary N) is 1. The van der Waals surface area contributed by atoms with E-state index in [4.69, 9.17) is 24.9 Å². The van der Waals surface area contributed by atoms with Crippen LogP contribution in [0.3, 0.4) is 0 Å². The number of aliphatic hydroxyl groups is 1. The monoisotopic (exact) mass is 528 g/mol. The van der Waals surface area contributed by atoms with E-state index in [1.165, 1.54) is 0 Å². The molecule has 39 heavy (non-hydrogen) atoms. The van der Waals surface area contributed by atoms with Gasteiger partial charge in [-0.05, 0) is 44.4 Å². The highest BCUT2D eigenvalue weighted by Crippen LogP contribution is 2.34. The Labute approximate surface area is 223 Å². The normalized spacial score (nSPS) is 12.6. The Morgan fingerprint density at radius 2 is 1.87 bits per heavy atom. The van der Waals surface area contributed by atoms with Crippen molar-refractivity contribution in [3.05, 3.63) is 88.9 Å². The predicted molar refractivity (Wildman–Crippen MR) is 143 cm³/mol. The van der Waals surface area contributed by atoms with Crippen LogP contribution in [0.25, 0.3) is 22.4 Å². The number of aliphatic hydroxyl groups excluding tert-OH is 1. The van der Waals surface area contributed by atoms with Gasteiger partial charge in [-0.2, -0.15) is 5.10 Å². The maximum absolute atomic E-state index is 14.9. The number of fused-ring (bicyclic) bond motifs is 2. The number of hydrogen-bond donors (Lipinski definition) is 2. The van der Waals surface area contributed by atoms with Crippen molar-refractivity contribution in [1.82, 2.24) is 24.7 Å². The number of rotatable bonds is 8. The van der Waals surface area contributed by atoms with Gasteiger partial charge in [-0.15, -0.1) is 0 Å². The smallest absolute Gasteiger partial charge is 0.182 e. The predicted octanol–water partition coefficient (Wildman–Crippen LogP) is 5.13. The van der Waals surface area contributed by atoms with E-state index in [-0.39, 0.29) is 31.1 Å². The average molecular weight is 529 g/mol. The number of halogens is 2. The van der Waals surface area contributed by atoms with E-state index < -0.39 is 11.6 Å². The lowest BCUT2D eigenvalue weighted by atomic mass is 10.1. The Bertz CT molecular complexity index is 1660. The molecule has 0 aliphatic heterocycles. The number of benzene rings is 2. The molecule has 0 saturated carbocycles. The van der Waals surface area contributed by atoms with Crippen LogP contribution in [-0.4, -0.2) is 43.1 Å². The molecule has 0 spiro atoms. The third-order valence-corrected chi connectivity index (χ3v) is 6.74. The van der Waals surface area contributed by atoms with Crippen molar-refractivity contribution in [3.8, 4) is 17.3 Å². The second-order valence-corrected chi connectivity index (χ2v) is 9.45. The molecule has 1 aliphatic carbocycles. The van der Waals surface area contributed by atoms with E-state index in [0.29, 0.717) is 17.0 Å². The van der Waals surface area contributed by atoms with Crippen molar-refractivity contribution in [1.29, 1.82) is 0 Å². The van der Waals surface area contributed by atoms with Crippen molar-refractivity contribution >= 4 is 22.4 Å². The van der Waals surface area contributed by atoms with Crippen LogP contribution in [0, 0.1) is 18.6 Å². The summed E-state index contributed by atoms with van der Waals surface area (Å²) in [6.07, 6.45) is 4.46. The molecule has 0 saturated heterocycles. The van der Waals surface area contributed by atoms with E-state index in [2.05, 4.69) is 10.3 Å². The Morgan fingerprint density at radius 3 is 2.67 bits per heavy atom. The van der Waals surface area contributed by atoms with E-state index in [1.54, 1.807) is 10.9 Å². The largest absolute Gasteiger partial charge is 0.491 e. The Balaban J connectivity index is 1.41. The molecule has 3 aromatic heterocycles. The van der Waals surface area contributed by atoms with Gasteiger partial charge in [-0.25, -0.2) is 18.7 Å². The number of nitrogens with zero attached hydrogens (tertiary/aromatic N) is 5. The topological polar surface area (TPSA) is 98.0 Å². The van der Waals surface area contributed by atoms with Gasteiger partial charge in [-0.1, -0.05) is 18.2 Å². The van der Waals surface area contributed by atoms with E-state index in [9.17, 15) is 8.78 Å². The third-order valence-electron chi connectivity index (χ3n) is 6.74. The first-order valence-electron chi connectivity index (χ1n) is 12.8. The highest BCUT2D eigenvalue weighted by atomic mass is 19.1. The van der Waals surface area contributed by atoms with E-state index in [1.807, 2.05) is 43.3 Å². The number of aromatic nitrogens is 5. The minimum Gasteiger partial charge on any atom is -0.491 e. The highest BCUT2D eigenvalue weighted by Gasteiger charge is 2.24. The minimum atomic E-state index is -0.753. The van der Waals surface area contributed by atoms with Crippen molar-refractivity contribution in [2.75, 3.05) is 18.5 Å². The zero-order chi connectivity index (χ0) is 26.9. The minimum absolute atomic E-state index is 0.0183. The maximum Gasteiger partial charge on any atom is 0.182 e. The second-order valence-electron chi connectivity index (χ2n) is 9.45. The molecule has 0 radical (unpaired) electrons. The summed E-state index contributed by atoms with van der Waals surface area (Å²) in [7, 11) is 0. The molecule has 5 aromatic rings. The van der Waals surface area contributed by atoms with Crippen LogP contribution in [0.1, 0.15) is 28.9 Å². The van der Waals surface area contributed by atoms with Crippen LogP contribution in [-0.2, 0) is 19.4 Å². The van der Waals surface area contributed by atoms with Gasteiger partial charge in [0.1, 0.15) is 35.5 Å². The summed E-state index contributed by atoms with van der Waals surface area (Å²) in [6.45, 7) is 1.49. The number of pyridine rings is 1. The van der Waals surface area contributed by atoms with Gasteiger partial charge >= 0.3 is 0 Å². The van der Waals surface area contributed by atoms with Crippen molar-refractivity contribution < 1.29 is 18.6 Å². The third kappa shape index (κ3) is 4.90. The summed E-state index contributed by atoms with van der Waals surface area (Å²) in [6, 6.07) is 13.6. The molecule has 198 valence electrons. The Hall–Kier alpha value is -4.44. The fourth-order valence-corrected chi connectivity index (χ4v) is 4.94. The van der Waals surface area contributed by atoms with Gasteiger partial charge in [0.25, 0.3) is 0 Å². The molecule has 0 amide bonds. The molecule has 3 heterocycles. The van der Waals surface area contributed by atoms with Crippen LogP contribution in [0.15, 0.2) is 54.7 Å². The van der Waals surface area contributed by atoms with Crippen LogP contribution in [0.5, 0.6) is 5.75 Å². The first kappa shape index (κ1) is 24.9. The molecule has 0 bridgehead atoms. The number of ether oxygens (including phenoxy) is 1. The van der Waals surface area contributed by atoms with Gasteiger partial charge in [0.15, 0.2) is 5.82 Å². The molecule has 6 rings (SSSR count). The lowest BCUT2D eigenvalue weighted by Crippen LogP contribution is -2.08. The van der Waals surface area contributed by atoms with Crippen LogP contribution < -0.4 is 10.1 Å². The van der Waals surface area contributed by atoms with Crippen LogP contribution >= 0.6 is 0 Å².